The van der Waals surface area contributed by atoms with Crippen LogP contribution in [-0.4, -0.2) is 42.4 Å². The van der Waals surface area contributed by atoms with Gasteiger partial charge in [0.05, 0.1) is 17.5 Å². The number of nitrogens with two attached hydrogens (primary N) is 1. The predicted molar refractivity (Wildman–Crippen MR) is 69.4 cm³/mol. The van der Waals surface area contributed by atoms with Crippen LogP contribution in [0.15, 0.2) is 0 Å². The van der Waals surface area contributed by atoms with E-state index in [1.165, 1.54) is 13.8 Å². The second-order valence-electron chi connectivity index (χ2n) is 6.24. The smallest absolute Gasteiger partial charge is 0.368 e. The molecule has 4 N–H and O–H groups in total. The van der Waals surface area contributed by atoms with Crippen molar-refractivity contribution >= 4 is 17.6 Å². The fourth-order valence-electron chi connectivity index (χ4n) is 3.24. The lowest BCUT2D eigenvalue weighted by molar-refractivity contribution is -0.175. The van der Waals surface area contributed by atoms with Crippen molar-refractivity contribution in [2.24, 2.45) is 23.0 Å². The molecule has 9 heteroatoms. The predicted octanol–water partition coefficient (Wildman–Crippen LogP) is -0.278. The maximum absolute atomic E-state index is 12.7. The molecule has 0 aromatic heterocycles. The lowest BCUT2D eigenvalue weighted by atomic mass is 9.83. The standard InChI is InChI=1S/C13H18F3N3O3/c1-5(2)7(19-11(22)13(14,15)16)9(20)12-3-6(12)4-18-8(12)10(17)21/h5-8,18H,3-4H2,1-2H3,(H2,17,21)(H,19,22)/t6?,7-,8?,12?/m0/s1. The van der Waals surface area contributed by atoms with Crippen molar-refractivity contribution in [3.05, 3.63) is 0 Å². The van der Waals surface area contributed by atoms with Gasteiger partial charge in [-0.25, -0.2) is 0 Å². The Balaban J connectivity index is 2.21. The zero-order valence-electron chi connectivity index (χ0n) is 12.2. The van der Waals surface area contributed by atoms with E-state index in [9.17, 15) is 27.6 Å². The Morgan fingerprint density at radius 1 is 1.32 bits per heavy atom. The average Bonchev–Trinajstić information content (AvgIpc) is 2.99. The highest BCUT2D eigenvalue weighted by atomic mass is 19.4. The van der Waals surface area contributed by atoms with Crippen molar-refractivity contribution in [1.82, 2.24) is 10.6 Å². The third kappa shape index (κ3) is 2.57. The molecule has 2 aliphatic rings. The van der Waals surface area contributed by atoms with Crippen LogP contribution in [-0.2, 0) is 14.4 Å². The van der Waals surface area contributed by atoms with Crippen molar-refractivity contribution in [3.8, 4) is 0 Å². The van der Waals surface area contributed by atoms with E-state index in [-0.39, 0.29) is 5.92 Å². The van der Waals surface area contributed by atoms with E-state index >= 15 is 0 Å². The molecule has 22 heavy (non-hydrogen) atoms. The van der Waals surface area contributed by atoms with E-state index in [1.54, 1.807) is 5.32 Å². The molecule has 1 aliphatic carbocycles. The molecule has 2 amide bonds. The molecule has 0 spiro atoms. The highest BCUT2D eigenvalue weighted by Gasteiger charge is 2.70. The number of nitrogens with one attached hydrogen (secondary N) is 2. The van der Waals surface area contributed by atoms with Gasteiger partial charge in [-0.05, 0) is 24.8 Å². The Morgan fingerprint density at radius 2 is 1.91 bits per heavy atom. The molecule has 124 valence electrons. The summed E-state index contributed by atoms with van der Waals surface area (Å²) in [5, 5.41) is 4.58. The van der Waals surface area contributed by atoms with Crippen molar-refractivity contribution in [1.29, 1.82) is 0 Å². The number of hydrogen-bond donors (Lipinski definition) is 3. The van der Waals surface area contributed by atoms with E-state index < -0.39 is 47.2 Å². The topological polar surface area (TPSA) is 101 Å². The number of piperidine rings is 1. The van der Waals surface area contributed by atoms with Gasteiger partial charge in [-0.1, -0.05) is 13.8 Å². The summed E-state index contributed by atoms with van der Waals surface area (Å²) in [7, 11) is 0. The summed E-state index contributed by atoms with van der Waals surface area (Å²) < 4.78 is 37.2. The van der Waals surface area contributed by atoms with Gasteiger partial charge in [0.1, 0.15) is 0 Å². The van der Waals surface area contributed by atoms with Gasteiger partial charge in [0, 0.05) is 0 Å². The first kappa shape index (κ1) is 16.7. The molecule has 6 nitrogen and oxygen atoms in total. The number of halogens is 3. The summed E-state index contributed by atoms with van der Waals surface area (Å²) in [5.74, 6) is -4.09. The van der Waals surface area contributed by atoms with Crippen molar-refractivity contribution < 1.29 is 27.6 Å². The zero-order chi connectivity index (χ0) is 16.9. The molecule has 0 radical (unpaired) electrons. The number of hydrogen-bond acceptors (Lipinski definition) is 4. The molecule has 1 saturated carbocycles. The first-order valence-electron chi connectivity index (χ1n) is 6.96. The van der Waals surface area contributed by atoms with Crippen LogP contribution in [0, 0.1) is 17.3 Å². The molecule has 2 fully saturated rings. The number of rotatable bonds is 5. The molecule has 4 atom stereocenters. The molecule has 0 bridgehead atoms. The summed E-state index contributed by atoms with van der Waals surface area (Å²) in [4.78, 5) is 35.3. The summed E-state index contributed by atoms with van der Waals surface area (Å²) in [6.45, 7) is 3.49. The molecule has 3 unspecified atom stereocenters. The van der Waals surface area contributed by atoms with E-state index in [2.05, 4.69) is 5.32 Å². The van der Waals surface area contributed by atoms with Gasteiger partial charge in [-0.15, -0.1) is 0 Å². The van der Waals surface area contributed by atoms with Gasteiger partial charge < -0.3 is 16.4 Å². The first-order valence-corrected chi connectivity index (χ1v) is 6.96. The summed E-state index contributed by atoms with van der Waals surface area (Å²) >= 11 is 0. The fraction of sp³-hybridized carbons (Fsp3) is 0.769. The first-order chi connectivity index (χ1) is 10.0. The molecule has 1 heterocycles. The molecule has 2 rings (SSSR count). The van der Waals surface area contributed by atoms with Crippen LogP contribution in [0.3, 0.4) is 0 Å². The molecule has 1 aliphatic heterocycles. The van der Waals surface area contributed by atoms with Crippen LogP contribution >= 0.6 is 0 Å². The molecular formula is C13H18F3N3O3. The van der Waals surface area contributed by atoms with Crippen LogP contribution in [0.25, 0.3) is 0 Å². The SMILES string of the molecule is CC(C)[C@H](NC(=O)C(F)(F)F)C(=O)C12CC1CNC2C(N)=O. The summed E-state index contributed by atoms with van der Waals surface area (Å²) in [6.07, 6.45) is -4.66. The molecule has 0 aromatic rings. The van der Waals surface area contributed by atoms with E-state index in [4.69, 9.17) is 5.73 Å². The van der Waals surface area contributed by atoms with Crippen LogP contribution in [0.2, 0.25) is 0 Å². The minimum Gasteiger partial charge on any atom is -0.368 e. The van der Waals surface area contributed by atoms with Gasteiger partial charge in [0.2, 0.25) is 5.91 Å². The second-order valence-corrected chi connectivity index (χ2v) is 6.24. The number of alkyl halides is 3. The maximum Gasteiger partial charge on any atom is 0.471 e. The Hall–Kier alpha value is -1.64. The third-order valence-corrected chi connectivity index (χ3v) is 4.47. The Labute approximate surface area is 125 Å². The number of ketones is 1. The number of primary amides is 1. The molecular weight excluding hydrogens is 303 g/mol. The lowest BCUT2D eigenvalue weighted by Crippen LogP contribution is -2.56. The van der Waals surface area contributed by atoms with Crippen molar-refractivity contribution in [3.63, 3.8) is 0 Å². The van der Waals surface area contributed by atoms with Gasteiger partial charge in [-0.2, -0.15) is 13.2 Å². The maximum atomic E-state index is 12.7. The van der Waals surface area contributed by atoms with Crippen molar-refractivity contribution in [2.45, 2.75) is 38.5 Å². The summed E-state index contributed by atoms with van der Waals surface area (Å²) in [5.41, 5.74) is 4.18. The van der Waals surface area contributed by atoms with Crippen LogP contribution < -0.4 is 16.4 Å². The zero-order valence-corrected chi connectivity index (χ0v) is 12.2. The van der Waals surface area contributed by atoms with Crippen LogP contribution in [0.5, 0.6) is 0 Å². The normalized spacial score (nSPS) is 31.5. The third-order valence-electron chi connectivity index (χ3n) is 4.47. The number of fused-ring (bicyclic) bond motifs is 1. The van der Waals surface area contributed by atoms with Gasteiger partial charge >= 0.3 is 12.1 Å². The van der Waals surface area contributed by atoms with E-state index in [1.807, 2.05) is 0 Å². The number of carbonyl (C=O) groups is 3. The highest BCUT2D eigenvalue weighted by molar-refractivity contribution is 6.01. The monoisotopic (exact) mass is 321 g/mol. The Morgan fingerprint density at radius 3 is 2.32 bits per heavy atom. The number of Topliss-reactive ketones (excluding diaryl/α,β-unsaturated/α-hetero) is 1. The fourth-order valence-corrected chi connectivity index (χ4v) is 3.24. The summed E-state index contributed by atoms with van der Waals surface area (Å²) in [6, 6.07) is -2.20. The average molecular weight is 321 g/mol. The second kappa shape index (κ2) is 5.22. The Kier molecular flexibility index (Phi) is 3.97. The molecule has 1 saturated heterocycles. The van der Waals surface area contributed by atoms with Crippen LogP contribution in [0.4, 0.5) is 13.2 Å². The molecule has 0 aromatic carbocycles. The largest absolute Gasteiger partial charge is 0.471 e. The number of carbonyl (C=O) groups excluding carboxylic acids is 3. The quantitative estimate of drug-likeness (QED) is 0.648. The van der Waals surface area contributed by atoms with Gasteiger partial charge in [-0.3, -0.25) is 14.4 Å². The minimum atomic E-state index is -5.06. The van der Waals surface area contributed by atoms with E-state index in [0.717, 1.165) is 0 Å². The van der Waals surface area contributed by atoms with Gasteiger partial charge in [0.25, 0.3) is 0 Å². The lowest BCUT2D eigenvalue weighted by Gasteiger charge is -2.28. The van der Waals surface area contributed by atoms with Gasteiger partial charge in [0.15, 0.2) is 5.78 Å². The van der Waals surface area contributed by atoms with E-state index in [0.29, 0.717) is 13.0 Å². The van der Waals surface area contributed by atoms with Crippen LogP contribution in [0.1, 0.15) is 20.3 Å². The Bertz CT molecular complexity index is 520. The minimum absolute atomic E-state index is 0.124. The number of amides is 2. The highest BCUT2D eigenvalue weighted by Crippen LogP contribution is 2.59. The van der Waals surface area contributed by atoms with Crippen molar-refractivity contribution in [2.75, 3.05) is 6.54 Å².